The molecule has 0 bridgehead atoms. The van der Waals surface area contributed by atoms with Crippen LogP contribution >= 0.6 is 0 Å². The molecule has 1 rings (SSSR count). The second-order valence-electron chi connectivity index (χ2n) is 5.29. The summed E-state index contributed by atoms with van der Waals surface area (Å²) in [5.41, 5.74) is -0.345. The quantitative estimate of drug-likeness (QED) is 0.461. The summed E-state index contributed by atoms with van der Waals surface area (Å²) in [6.45, 7) is 10.7. The Morgan fingerprint density at radius 2 is 1.68 bits per heavy atom. The molecule has 2 heteroatoms. The molecule has 0 spiro atoms. The Morgan fingerprint density at radius 1 is 1.05 bits per heavy atom. The third kappa shape index (κ3) is 6.32. The van der Waals surface area contributed by atoms with Crippen LogP contribution in [0.5, 0.6) is 11.5 Å². The third-order valence-corrected chi connectivity index (χ3v) is 2.96. The van der Waals surface area contributed by atoms with Crippen LogP contribution in [0.4, 0.5) is 0 Å². The van der Waals surface area contributed by atoms with E-state index in [9.17, 15) is 0 Å². The second-order valence-corrected chi connectivity index (χ2v) is 5.29. The molecule has 0 heterocycles. The lowest BCUT2D eigenvalue weighted by Gasteiger charge is -2.22. The standard InChI is InChI=1S/C17H26O2/c1-5-7-8-9-14-18-15-10-12-16(13-11-15)19-17(3,4)6-2/h6,10-13H,2,5,7-9,14H2,1,3-4H3. The molecule has 0 unspecified atom stereocenters. The van der Waals surface area contributed by atoms with E-state index in [1.54, 1.807) is 6.08 Å². The van der Waals surface area contributed by atoms with Crippen molar-refractivity contribution in [3.05, 3.63) is 36.9 Å². The Bertz CT molecular complexity index is 365. The Labute approximate surface area is 117 Å². The highest BCUT2D eigenvalue weighted by molar-refractivity contribution is 5.31. The van der Waals surface area contributed by atoms with E-state index in [-0.39, 0.29) is 5.60 Å². The average Bonchev–Trinajstić information content (AvgIpc) is 2.40. The van der Waals surface area contributed by atoms with Crippen LogP contribution in [0.3, 0.4) is 0 Å². The molecule has 0 aliphatic rings. The first-order valence-electron chi connectivity index (χ1n) is 7.13. The summed E-state index contributed by atoms with van der Waals surface area (Å²) in [4.78, 5) is 0. The number of hydrogen-bond acceptors (Lipinski definition) is 2. The molecular formula is C17H26O2. The normalized spacial score (nSPS) is 11.1. The Morgan fingerprint density at radius 3 is 2.26 bits per heavy atom. The van der Waals surface area contributed by atoms with Gasteiger partial charge in [-0.1, -0.05) is 32.8 Å². The maximum absolute atomic E-state index is 5.79. The van der Waals surface area contributed by atoms with E-state index < -0.39 is 0 Å². The zero-order valence-electron chi connectivity index (χ0n) is 12.4. The van der Waals surface area contributed by atoms with Crippen LogP contribution in [0, 0.1) is 0 Å². The van der Waals surface area contributed by atoms with E-state index >= 15 is 0 Å². The molecule has 1 aromatic rings. The number of rotatable bonds is 9. The van der Waals surface area contributed by atoms with Crippen LogP contribution in [0.15, 0.2) is 36.9 Å². The molecular weight excluding hydrogens is 236 g/mol. The van der Waals surface area contributed by atoms with Crippen LogP contribution in [0.25, 0.3) is 0 Å². The Balaban J connectivity index is 2.37. The highest BCUT2D eigenvalue weighted by atomic mass is 16.5. The summed E-state index contributed by atoms with van der Waals surface area (Å²) >= 11 is 0. The molecule has 106 valence electrons. The van der Waals surface area contributed by atoms with Gasteiger partial charge in [-0.25, -0.2) is 0 Å². The van der Waals surface area contributed by atoms with Crippen molar-refractivity contribution in [2.24, 2.45) is 0 Å². The minimum absolute atomic E-state index is 0.345. The first kappa shape index (κ1) is 15.6. The fourth-order valence-corrected chi connectivity index (χ4v) is 1.67. The lowest BCUT2D eigenvalue weighted by Crippen LogP contribution is -2.24. The van der Waals surface area contributed by atoms with Crippen molar-refractivity contribution in [3.8, 4) is 11.5 Å². The number of unbranched alkanes of at least 4 members (excludes halogenated alkanes) is 3. The predicted octanol–water partition coefficient (Wildman–Crippen LogP) is 4.99. The molecule has 1 aromatic carbocycles. The van der Waals surface area contributed by atoms with Crippen LogP contribution in [-0.4, -0.2) is 12.2 Å². The van der Waals surface area contributed by atoms with Crippen LogP contribution in [-0.2, 0) is 0 Å². The van der Waals surface area contributed by atoms with Crippen LogP contribution < -0.4 is 9.47 Å². The fraction of sp³-hybridized carbons (Fsp3) is 0.529. The first-order chi connectivity index (χ1) is 9.07. The van der Waals surface area contributed by atoms with Crippen molar-refractivity contribution in [1.82, 2.24) is 0 Å². The van der Waals surface area contributed by atoms with Crippen LogP contribution in [0.2, 0.25) is 0 Å². The fourth-order valence-electron chi connectivity index (χ4n) is 1.67. The van der Waals surface area contributed by atoms with Gasteiger partial charge in [0.25, 0.3) is 0 Å². The molecule has 0 radical (unpaired) electrons. The molecule has 0 atom stereocenters. The van der Waals surface area contributed by atoms with Gasteiger partial charge in [-0.05, 0) is 50.6 Å². The van der Waals surface area contributed by atoms with E-state index in [1.807, 2.05) is 38.1 Å². The molecule has 0 saturated carbocycles. The van der Waals surface area contributed by atoms with Crippen LogP contribution in [0.1, 0.15) is 46.5 Å². The van der Waals surface area contributed by atoms with Gasteiger partial charge in [0.2, 0.25) is 0 Å². The van der Waals surface area contributed by atoms with Gasteiger partial charge in [0.05, 0.1) is 6.61 Å². The van der Waals surface area contributed by atoms with E-state index in [2.05, 4.69) is 13.5 Å². The van der Waals surface area contributed by atoms with E-state index in [0.717, 1.165) is 24.5 Å². The predicted molar refractivity (Wildman–Crippen MR) is 81.0 cm³/mol. The molecule has 0 aromatic heterocycles. The van der Waals surface area contributed by atoms with Crippen molar-refractivity contribution in [3.63, 3.8) is 0 Å². The molecule has 0 saturated heterocycles. The zero-order chi connectivity index (χ0) is 14.1. The van der Waals surface area contributed by atoms with Gasteiger partial charge in [-0.3, -0.25) is 0 Å². The maximum Gasteiger partial charge on any atom is 0.121 e. The monoisotopic (exact) mass is 262 g/mol. The third-order valence-electron chi connectivity index (χ3n) is 2.96. The number of ether oxygens (including phenoxy) is 2. The Kier molecular flexibility index (Phi) is 6.48. The summed E-state index contributed by atoms with van der Waals surface area (Å²) < 4.78 is 11.5. The lowest BCUT2D eigenvalue weighted by atomic mass is 10.1. The molecule has 0 amide bonds. The summed E-state index contributed by atoms with van der Waals surface area (Å²) in [5.74, 6) is 1.74. The van der Waals surface area contributed by atoms with Gasteiger partial charge in [0.15, 0.2) is 0 Å². The molecule has 2 nitrogen and oxygen atoms in total. The molecule has 0 aliphatic heterocycles. The van der Waals surface area contributed by atoms with Crippen molar-refractivity contribution in [2.75, 3.05) is 6.61 Å². The number of benzene rings is 1. The van der Waals surface area contributed by atoms with Crippen molar-refractivity contribution in [1.29, 1.82) is 0 Å². The van der Waals surface area contributed by atoms with Gasteiger partial charge in [-0.2, -0.15) is 0 Å². The minimum atomic E-state index is -0.345. The topological polar surface area (TPSA) is 18.5 Å². The summed E-state index contributed by atoms with van der Waals surface area (Å²) in [7, 11) is 0. The van der Waals surface area contributed by atoms with Crippen molar-refractivity contribution in [2.45, 2.75) is 52.1 Å². The number of hydrogen-bond donors (Lipinski definition) is 0. The van der Waals surface area contributed by atoms with Gasteiger partial charge >= 0.3 is 0 Å². The van der Waals surface area contributed by atoms with E-state index in [0.29, 0.717) is 0 Å². The average molecular weight is 262 g/mol. The minimum Gasteiger partial charge on any atom is -0.494 e. The smallest absolute Gasteiger partial charge is 0.121 e. The molecule has 0 N–H and O–H groups in total. The van der Waals surface area contributed by atoms with Crippen molar-refractivity contribution >= 4 is 0 Å². The highest BCUT2D eigenvalue weighted by Crippen LogP contribution is 2.22. The van der Waals surface area contributed by atoms with Gasteiger partial charge < -0.3 is 9.47 Å². The highest BCUT2D eigenvalue weighted by Gasteiger charge is 2.14. The van der Waals surface area contributed by atoms with E-state index in [1.165, 1.54) is 19.3 Å². The van der Waals surface area contributed by atoms with E-state index in [4.69, 9.17) is 9.47 Å². The summed E-state index contributed by atoms with van der Waals surface area (Å²) in [6, 6.07) is 7.78. The van der Waals surface area contributed by atoms with Gasteiger partial charge in [0, 0.05) is 0 Å². The molecule has 0 aliphatic carbocycles. The van der Waals surface area contributed by atoms with Gasteiger partial charge in [-0.15, -0.1) is 0 Å². The lowest BCUT2D eigenvalue weighted by molar-refractivity contribution is 0.162. The zero-order valence-corrected chi connectivity index (χ0v) is 12.4. The molecule has 19 heavy (non-hydrogen) atoms. The SMILES string of the molecule is C=CC(C)(C)Oc1ccc(OCCCCCC)cc1. The van der Waals surface area contributed by atoms with Crippen molar-refractivity contribution < 1.29 is 9.47 Å². The summed E-state index contributed by atoms with van der Waals surface area (Å²) in [5, 5.41) is 0. The largest absolute Gasteiger partial charge is 0.494 e. The first-order valence-corrected chi connectivity index (χ1v) is 7.13. The molecule has 0 fully saturated rings. The Hall–Kier alpha value is -1.44. The second kappa shape index (κ2) is 7.88. The maximum atomic E-state index is 5.79. The van der Waals surface area contributed by atoms with Gasteiger partial charge in [0.1, 0.15) is 17.1 Å². The summed E-state index contributed by atoms with van der Waals surface area (Å²) in [6.07, 6.45) is 6.70.